The molecule has 1 amide bonds. The standard InChI is InChI=1S/C17H17ClN6O3/c1-11-6-16(24(26)27)21-23(11)12(2)17(25)20-15-8-19-22(10-15)9-13-4-3-5-14(18)7-13/h3-8,10,12H,9H2,1-2H3,(H,20,25). The van der Waals surface area contributed by atoms with Crippen LogP contribution in [-0.2, 0) is 11.3 Å². The van der Waals surface area contributed by atoms with Gasteiger partial charge in [-0.15, -0.1) is 0 Å². The number of aryl methyl sites for hydroxylation is 1. The van der Waals surface area contributed by atoms with Crippen molar-refractivity contribution in [2.24, 2.45) is 0 Å². The second-order valence-corrected chi connectivity index (χ2v) is 6.50. The summed E-state index contributed by atoms with van der Waals surface area (Å²) in [6.07, 6.45) is 3.23. The lowest BCUT2D eigenvalue weighted by Gasteiger charge is -2.10. The van der Waals surface area contributed by atoms with E-state index in [2.05, 4.69) is 15.5 Å². The van der Waals surface area contributed by atoms with Gasteiger partial charge in [0.1, 0.15) is 6.04 Å². The van der Waals surface area contributed by atoms with Crippen molar-refractivity contribution in [1.29, 1.82) is 0 Å². The number of benzene rings is 1. The fourth-order valence-corrected chi connectivity index (χ4v) is 2.86. The van der Waals surface area contributed by atoms with Gasteiger partial charge >= 0.3 is 5.82 Å². The van der Waals surface area contributed by atoms with Crippen molar-refractivity contribution in [3.8, 4) is 0 Å². The average Bonchev–Trinajstić information content (AvgIpc) is 3.20. The number of hydrogen-bond donors (Lipinski definition) is 1. The van der Waals surface area contributed by atoms with Gasteiger partial charge in [-0.2, -0.15) is 9.78 Å². The van der Waals surface area contributed by atoms with Crippen LogP contribution < -0.4 is 5.32 Å². The van der Waals surface area contributed by atoms with Gasteiger partial charge in [0, 0.05) is 11.2 Å². The van der Waals surface area contributed by atoms with E-state index < -0.39 is 11.0 Å². The Balaban J connectivity index is 1.67. The molecule has 9 nitrogen and oxygen atoms in total. The monoisotopic (exact) mass is 388 g/mol. The molecule has 0 aliphatic heterocycles. The second-order valence-electron chi connectivity index (χ2n) is 6.07. The SMILES string of the molecule is Cc1cc([N+](=O)[O-])nn1C(C)C(=O)Nc1cnn(Cc2cccc(Cl)c2)c1. The van der Waals surface area contributed by atoms with E-state index >= 15 is 0 Å². The van der Waals surface area contributed by atoms with Gasteiger partial charge in [-0.05, 0) is 36.5 Å². The van der Waals surface area contributed by atoms with Crippen molar-refractivity contribution in [1.82, 2.24) is 19.6 Å². The van der Waals surface area contributed by atoms with Gasteiger partial charge in [-0.1, -0.05) is 23.7 Å². The maximum atomic E-state index is 12.5. The minimum atomic E-state index is -0.713. The normalized spacial score (nSPS) is 12.0. The smallest absolute Gasteiger partial charge is 0.358 e. The predicted octanol–water partition coefficient (Wildman–Crippen LogP) is 3.20. The quantitative estimate of drug-likeness (QED) is 0.515. The Morgan fingerprint density at radius 2 is 2.19 bits per heavy atom. The fraction of sp³-hybridized carbons (Fsp3) is 0.235. The first-order valence-electron chi connectivity index (χ1n) is 8.12. The van der Waals surface area contributed by atoms with E-state index in [1.165, 1.54) is 16.9 Å². The summed E-state index contributed by atoms with van der Waals surface area (Å²) >= 11 is 5.98. The Labute approximate surface area is 159 Å². The molecule has 1 aromatic carbocycles. The Bertz CT molecular complexity index is 996. The molecule has 0 spiro atoms. The highest BCUT2D eigenvalue weighted by atomic mass is 35.5. The first-order valence-corrected chi connectivity index (χ1v) is 8.49. The molecule has 0 saturated carbocycles. The third-order valence-corrected chi connectivity index (χ3v) is 4.21. The summed E-state index contributed by atoms with van der Waals surface area (Å²) in [6, 6.07) is 8.04. The van der Waals surface area contributed by atoms with Crippen LogP contribution in [-0.4, -0.2) is 30.4 Å². The average molecular weight is 389 g/mol. The Morgan fingerprint density at radius 1 is 1.41 bits per heavy atom. The number of anilines is 1. The van der Waals surface area contributed by atoms with Crippen molar-refractivity contribution >= 4 is 29.0 Å². The first-order chi connectivity index (χ1) is 12.8. The molecule has 0 fully saturated rings. The van der Waals surface area contributed by atoms with Gasteiger partial charge in [-0.25, -0.2) is 0 Å². The molecule has 0 aliphatic carbocycles. The van der Waals surface area contributed by atoms with Gasteiger partial charge < -0.3 is 15.4 Å². The lowest BCUT2D eigenvalue weighted by molar-refractivity contribution is -0.389. The lowest BCUT2D eigenvalue weighted by atomic mass is 10.2. The van der Waals surface area contributed by atoms with Crippen molar-refractivity contribution in [2.75, 3.05) is 5.32 Å². The number of amides is 1. The molecule has 2 aromatic heterocycles. The van der Waals surface area contributed by atoms with Gasteiger partial charge in [0.2, 0.25) is 0 Å². The molecule has 1 atom stereocenters. The highest BCUT2D eigenvalue weighted by Crippen LogP contribution is 2.18. The number of nitro groups is 1. The molecule has 10 heteroatoms. The molecule has 0 bridgehead atoms. The van der Waals surface area contributed by atoms with Crippen molar-refractivity contribution in [2.45, 2.75) is 26.4 Å². The van der Waals surface area contributed by atoms with Gasteiger partial charge in [-0.3, -0.25) is 9.48 Å². The Morgan fingerprint density at radius 3 is 2.85 bits per heavy atom. The summed E-state index contributed by atoms with van der Waals surface area (Å²) in [7, 11) is 0. The predicted molar refractivity (Wildman–Crippen MR) is 99.7 cm³/mol. The third kappa shape index (κ3) is 4.32. The second kappa shape index (κ2) is 7.58. The van der Waals surface area contributed by atoms with Gasteiger partial charge in [0.15, 0.2) is 0 Å². The van der Waals surface area contributed by atoms with Crippen LogP contribution in [0.25, 0.3) is 0 Å². The molecule has 27 heavy (non-hydrogen) atoms. The zero-order valence-electron chi connectivity index (χ0n) is 14.7. The number of carbonyl (C=O) groups excluding carboxylic acids is 1. The summed E-state index contributed by atoms with van der Waals surface area (Å²) in [4.78, 5) is 22.7. The van der Waals surface area contributed by atoms with Crippen LogP contribution in [0.4, 0.5) is 11.5 Å². The molecule has 3 rings (SSSR count). The van der Waals surface area contributed by atoms with Crippen LogP contribution in [0.1, 0.15) is 24.2 Å². The maximum absolute atomic E-state index is 12.5. The topological polar surface area (TPSA) is 108 Å². The molecule has 140 valence electrons. The van der Waals surface area contributed by atoms with Crippen LogP contribution in [0, 0.1) is 17.0 Å². The summed E-state index contributed by atoms with van der Waals surface area (Å²) in [6.45, 7) is 3.79. The number of nitrogens with zero attached hydrogens (tertiary/aromatic N) is 5. The largest absolute Gasteiger partial charge is 0.390 e. The van der Waals surface area contributed by atoms with Crippen LogP contribution in [0.2, 0.25) is 5.02 Å². The van der Waals surface area contributed by atoms with Crippen LogP contribution in [0.3, 0.4) is 0 Å². The Hall–Kier alpha value is -3.20. The summed E-state index contributed by atoms with van der Waals surface area (Å²) < 4.78 is 3.00. The van der Waals surface area contributed by atoms with E-state index in [9.17, 15) is 14.9 Å². The highest BCUT2D eigenvalue weighted by molar-refractivity contribution is 6.30. The van der Waals surface area contributed by atoms with E-state index in [1.54, 1.807) is 30.8 Å². The Kier molecular flexibility index (Phi) is 5.22. The molecule has 3 aromatic rings. The van der Waals surface area contributed by atoms with E-state index in [-0.39, 0.29) is 11.7 Å². The zero-order chi connectivity index (χ0) is 19.6. The molecule has 0 saturated heterocycles. The highest BCUT2D eigenvalue weighted by Gasteiger charge is 2.24. The summed E-state index contributed by atoms with van der Waals surface area (Å²) in [5, 5.41) is 22.3. The zero-order valence-corrected chi connectivity index (χ0v) is 15.4. The first kappa shape index (κ1) is 18.6. The van der Waals surface area contributed by atoms with E-state index in [0.29, 0.717) is 22.9 Å². The lowest BCUT2D eigenvalue weighted by Crippen LogP contribution is -2.25. The molecular formula is C17H17ClN6O3. The molecule has 2 heterocycles. The number of carbonyl (C=O) groups is 1. The third-order valence-electron chi connectivity index (χ3n) is 3.98. The van der Waals surface area contributed by atoms with E-state index in [4.69, 9.17) is 11.6 Å². The van der Waals surface area contributed by atoms with Crippen molar-refractivity contribution in [3.63, 3.8) is 0 Å². The maximum Gasteiger partial charge on any atom is 0.390 e. The molecule has 0 aliphatic rings. The minimum Gasteiger partial charge on any atom is -0.358 e. The number of hydrogen-bond acceptors (Lipinski definition) is 5. The molecular weight excluding hydrogens is 372 g/mol. The number of rotatable bonds is 6. The fourth-order valence-electron chi connectivity index (χ4n) is 2.65. The van der Waals surface area contributed by atoms with Crippen molar-refractivity contribution in [3.05, 3.63) is 69.1 Å². The van der Waals surface area contributed by atoms with Crippen molar-refractivity contribution < 1.29 is 9.72 Å². The van der Waals surface area contributed by atoms with E-state index in [1.807, 2.05) is 18.2 Å². The summed E-state index contributed by atoms with van der Waals surface area (Å²) in [5.41, 5.74) is 2.03. The van der Waals surface area contributed by atoms with E-state index in [0.717, 1.165) is 5.56 Å². The van der Waals surface area contributed by atoms with Crippen LogP contribution in [0.15, 0.2) is 42.7 Å². The molecule has 1 unspecified atom stereocenters. The van der Waals surface area contributed by atoms with Gasteiger partial charge in [0.25, 0.3) is 5.91 Å². The number of halogens is 1. The minimum absolute atomic E-state index is 0.290. The number of nitrogens with one attached hydrogen (secondary N) is 1. The van der Waals surface area contributed by atoms with Crippen LogP contribution >= 0.6 is 11.6 Å². The number of aromatic nitrogens is 4. The molecule has 1 N–H and O–H groups in total. The summed E-state index contributed by atoms with van der Waals surface area (Å²) in [5.74, 6) is -0.639. The van der Waals surface area contributed by atoms with Crippen LogP contribution in [0.5, 0.6) is 0 Å². The van der Waals surface area contributed by atoms with Gasteiger partial charge in [0.05, 0.1) is 35.3 Å². The molecule has 0 radical (unpaired) electrons.